The number of hydrogen-bond donors (Lipinski definition) is 2. The Labute approximate surface area is 111 Å². The first-order chi connectivity index (χ1) is 9.08. The minimum Gasteiger partial charge on any atom is -0.399 e. The van der Waals surface area contributed by atoms with E-state index in [2.05, 4.69) is 5.32 Å². The molecule has 0 atom stereocenters. The summed E-state index contributed by atoms with van der Waals surface area (Å²) >= 11 is 0. The van der Waals surface area contributed by atoms with Crippen LogP contribution in [0.3, 0.4) is 0 Å². The van der Waals surface area contributed by atoms with Gasteiger partial charge in [-0.3, -0.25) is 14.9 Å². The quantitative estimate of drug-likeness (QED) is 0.493. The number of nitrogens with zero attached hydrogens (tertiary/aromatic N) is 1. The van der Waals surface area contributed by atoms with Gasteiger partial charge in [-0.1, -0.05) is 12.8 Å². The molecule has 0 bridgehead atoms. The van der Waals surface area contributed by atoms with Crippen molar-refractivity contribution in [2.75, 3.05) is 12.3 Å². The molecular weight excluding hydrogens is 246 g/mol. The fraction of sp³-hybridized carbons (Fsp3) is 0.462. The van der Waals surface area contributed by atoms with Crippen LogP contribution in [0.2, 0.25) is 0 Å². The Kier molecular flexibility index (Phi) is 3.99. The standard InChI is InChI=1S/C13H17N3O3/c14-10-5-6-12(16(18)19)11(7-10)13(17)15-8-9-3-1-2-4-9/h5-7,9H,1-4,8,14H2,(H,15,17). The highest BCUT2D eigenvalue weighted by Crippen LogP contribution is 2.25. The molecule has 6 nitrogen and oxygen atoms in total. The van der Waals surface area contributed by atoms with Crippen molar-refractivity contribution in [1.82, 2.24) is 5.32 Å². The Morgan fingerprint density at radius 3 is 2.74 bits per heavy atom. The summed E-state index contributed by atoms with van der Waals surface area (Å²) in [4.78, 5) is 22.3. The lowest BCUT2D eigenvalue weighted by atomic mass is 10.1. The highest BCUT2D eigenvalue weighted by Gasteiger charge is 2.22. The van der Waals surface area contributed by atoms with E-state index in [1.54, 1.807) is 0 Å². The second-order valence-corrected chi connectivity index (χ2v) is 4.89. The molecule has 6 heteroatoms. The molecule has 2 rings (SSSR count). The molecule has 0 aliphatic heterocycles. The van der Waals surface area contributed by atoms with Crippen molar-refractivity contribution in [2.45, 2.75) is 25.7 Å². The van der Waals surface area contributed by atoms with E-state index in [4.69, 9.17) is 5.73 Å². The van der Waals surface area contributed by atoms with Crippen LogP contribution >= 0.6 is 0 Å². The van der Waals surface area contributed by atoms with Gasteiger partial charge < -0.3 is 11.1 Å². The number of amides is 1. The van der Waals surface area contributed by atoms with E-state index in [9.17, 15) is 14.9 Å². The molecule has 1 aromatic carbocycles. The molecule has 0 unspecified atom stereocenters. The minimum atomic E-state index is -0.566. The number of carbonyl (C=O) groups excluding carboxylic acids is 1. The van der Waals surface area contributed by atoms with Crippen LogP contribution in [0.1, 0.15) is 36.0 Å². The number of rotatable bonds is 4. The van der Waals surface area contributed by atoms with Crippen molar-refractivity contribution in [3.8, 4) is 0 Å². The number of nitrogens with two attached hydrogens (primary N) is 1. The van der Waals surface area contributed by atoms with Crippen molar-refractivity contribution in [1.29, 1.82) is 0 Å². The summed E-state index contributed by atoms with van der Waals surface area (Å²) in [6, 6.07) is 4.04. The van der Waals surface area contributed by atoms with E-state index in [-0.39, 0.29) is 11.3 Å². The molecule has 1 aliphatic carbocycles. The van der Waals surface area contributed by atoms with Crippen molar-refractivity contribution in [3.05, 3.63) is 33.9 Å². The molecule has 0 aromatic heterocycles. The lowest BCUT2D eigenvalue weighted by molar-refractivity contribution is -0.385. The summed E-state index contributed by atoms with van der Waals surface area (Å²) in [6.45, 7) is 0.574. The molecule has 102 valence electrons. The Balaban J connectivity index is 2.08. The largest absolute Gasteiger partial charge is 0.399 e. The Morgan fingerprint density at radius 2 is 2.11 bits per heavy atom. The van der Waals surface area contributed by atoms with Crippen LogP contribution in [-0.2, 0) is 0 Å². The Hall–Kier alpha value is -2.11. The monoisotopic (exact) mass is 263 g/mol. The number of nitrogens with one attached hydrogen (secondary N) is 1. The van der Waals surface area contributed by atoms with Gasteiger partial charge in [0.1, 0.15) is 5.56 Å². The maximum absolute atomic E-state index is 12.0. The summed E-state index contributed by atoms with van der Waals surface area (Å²) in [5, 5.41) is 13.6. The molecule has 19 heavy (non-hydrogen) atoms. The van der Waals surface area contributed by atoms with Crippen LogP contribution in [0.5, 0.6) is 0 Å². The first-order valence-electron chi connectivity index (χ1n) is 6.40. The van der Waals surface area contributed by atoms with E-state index in [1.807, 2.05) is 0 Å². The molecule has 0 heterocycles. The first kappa shape index (κ1) is 13.3. The van der Waals surface area contributed by atoms with Crippen molar-refractivity contribution >= 4 is 17.3 Å². The van der Waals surface area contributed by atoms with Crippen LogP contribution in [-0.4, -0.2) is 17.4 Å². The van der Waals surface area contributed by atoms with Gasteiger partial charge in [-0.05, 0) is 30.9 Å². The Morgan fingerprint density at radius 1 is 1.42 bits per heavy atom. The van der Waals surface area contributed by atoms with E-state index in [1.165, 1.54) is 31.0 Å². The summed E-state index contributed by atoms with van der Waals surface area (Å²) in [6.07, 6.45) is 4.61. The van der Waals surface area contributed by atoms with Crippen molar-refractivity contribution < 1.29 is 9.72 Å². The second-order valence-electron chi connectivity index (χ2n) is 4.89. The molecule has 0 spiro atoms. The smallest absolute Gasteiger partial charge is 0.282 e. The number of benzene rings is 1. The van der Waals surface area contributed by atoms with Gasteiger partial charge in [0, 0.05) is 18.3 Å². The normalized spacial score (nSPS) is 15.4. The van der Waals surface area contributed by atoms with Gasteiger partial charge in [-0.15, -0.1) is 0 Å². The van der Waals surface area contributed by atoms with Crippen LogP contribution in [0.25, 0.3) is 0 Å². The molecule has 1 aromatic rings. The third-order valence-corrected chi connectivity index (χ3v) is 3.49. The zero-order valence-corrected chi connectivity index (χ0v) is 10.6. The molecule has 0 radical (unpaired) electrons. The summed E-state index contributed by atoms with van der Waals surface area (Å²) < 4.78 is 0. The number of anilines is 1. The minimum absolute atomic E-state index is 0.0306. The third kappa shape index (κ3) is 3.21. The van der Waals surface area contributed by atoms with Gasteiger partial charge in [0.2, 0.25) is 0 Å². The van der Waals surface area contributed by atoms with Crippen LogP contribution < -0.4 is 11.1 Å². The van der Waals surface area contributed by atoms with Crippen LogP contribution in [0, 0.1) is 16.0 Å². The summed E-state index contributed by atoms with van der Waals surface area (Å²) in [5.41, 5.74) is 5.75. The number of carbonyl (C=O) groups is 1. The maximum Gasteiger partial charge on any atom is 0.282 e. The average Bonchev–Trinajstić information content (AvgIpc) is 2.88. The van der Waals surface area contributed by atoms with Gasteiger partial charge >= 0.3 is 0 Å². The van der Waals surface area contributed by atoms with Crippen molar-refractivity contribution in [3.63, 3.8) is 0 Å². The number of nitro groups is 1. The molecule has 1 aliphatic rings. The number of nitro benzene ring substituents is 1. The predicted molar refractivity (Wildman–Crippen MR) is 71.8 cm³/mol. The highest BCUT2D eigenvalue weighted by atomic mass is 16.6. The fourth-order valence-electron chi connectivity index (χ4n) is 2.44. The number of hydrogen-bond acceptors (Lipinski definition) is 4. The molecule has 0 saturated heterocycles. The van der Waals surface area contributed by atoms with Gasteiger partial charge in [-0.25, -0.2) is 0 Å². The molecular formula is C13H17N3O3. The highest BCUT2D eigenvalue weighted by molar-refractivity contribution is 5.99. The van der Waals surface area contributed by atoms with E-state index in [0.29, 0.717) is 18.2 Å². The maximum atomic E-state index is 12.0. The first-order valence-corrected chi connectivity index (χ1v) is 6.40. The lowest BCUT2D eigenvalue weighted by Crippen LogP contribution is -2.29. The van der Waals surface area contributed by atoms with E-state index < -0.39 is 10.8 Å². The number of nitrogen functional groups attached to an aromatic ring is 1. The zero-order chi connectivity index (χ0) is 13.8. The lowest BCUT2D eigenvalue weighted by Gasteiger charge is -2.11. The van der Waals surface area contributed by atoms with Crippen LogP contribution in [0.4, 0.5) is 11.4 Å². The molecule has 1 fully saturated rings. The van der Waals surface area contributed by atoms with Gasteiger partial charge in [-0.2, -0.15) is 0 Å². The second kappa shape index (κ2) is 5.69. The predicted octanol–water partition coefficient (Wildman–Crippen LogP) is 2.10. The van der Waals surface area contributed by atoms with E-state index in [0.717, 1.165) is 12.8 Å². The SMILES string of the molecule is Nc1ccc([N+](=O)[O-])c(C(=O)NCC2CCCC2)c1. The third-order valence-electron chi connectivity index (χ3n) is 3.49. The average molecular weight is 263 g/mol. The van der Waals surface area contributed by atoms with Gasteiger partial charge in [0.05, 0.1) is 4.92 Å². The molecule has 1 amide bonds. The zero-order valence-electron chi connectivity index (χ0n) is 10.6. The summed E-state index contributed by atoms with van der Waals surface area (Å²) in [7, 11) is 0. The fourth-order valence-corrected chi connectivity index (χ4v) is 2.44. The van der Waals surface area contributed by atoms with Gasteiger partial charge in [0.25, 0.3) is 11.6 Å². The summed E-state index contributed by atoms with van der Waals surface area (Å²) in [5.74, 6) is 0.0648. The molecule has 3 N–H and O–H groups in total. The molecule has 1 saturated carbocycles. The van der Waals surface area contributed by atoms with E-state index >= 15 is 0 Å². The topological polar surface area (TPSA) is 98.3 Å². The Bertz CT molecular complexity index is 496. The van der Waals surface area contributed by atoms with Crippen LogP contribution in [0.15, 0.2) is 18.2 Å². The van der Waals surface area contributed by atoms with Gasteiger partial charge in [0.15, 0.2) is 0 Å². The van der Waals surface area contributed by atoms with Crippen molar-refractivity contribution in [2.24, 2.45) is 5.92 Å².